The number of hydrazine groups is 1. The minimum Gasteiger partial charge on any atom is -0.497 e. The van der Waals surface area contributed by atoms with Crippen LogP contribution < -0.4 is 14.9 Å². The molecule has 2 aliphatic rings. The maximum absolute atomic E-state index is 11.7. The zero-order chi connectivity index (χ0) is 20.5. The molecule has 2 aromatic rings. The molecule has 0 fully saturated rings. The van der Waals surface area contributed by atoms with E-state index in [4.69, 9.17) is 9.47 Å². The number of ketones is 1. The summed E-state index contributed by atoms with van der Waals surface area (Å²) in [6, 6.07) is 14.4. The number of benzene rings is 2. The van der Waals surface area contributed by atoms with Gasteiger partial charge in [0.25, 0.3) is 0 Å². The zero-order valence-corrected chi connectivity index (χ0v) is 17.3. The van der Waals surface area contributed by atoms with Gasteiger partial charge in [-0.25, -0.2) is 0 Å². The fourth-order valence-electron chi connectivity index (χ4n) is 4.25. The van der Waals surface area contributed by atoms with E-state index in [0.29, 0.717) is 0 Å². The second-order valence-electron chi connectivity index (χ2n) is 7.48. The monoisotopic (exact) mass is 390 g/mol. The Kier molecular flexibility index (Phi) is 5.05. The summed E-state index contributed by atoms with van der Waals surface area (Å²) in [7, 11) is 3.37. The zero-order valence-electron chi connectivity index (χ0n) is 17.3. The van der Waals surface area contributed by atoms with Crippen molar-refractivity contribution in [2.24, 2.45) is 0 Å². The molecule has 1 heterocycles. The molecule has 0 radical (unpaired) electrons. The summed E-state index contributed by atoms with van der Waals surface area (Å²) < 4.78 is 10.7. The molecule has 0 aromatic heterocycles. The highest BCUT2D eigenvalue weighted by Crippen LogP contribution is 2.46. The van der Waals surface area contributed by atoms with Crippen molar-refractivity contribution in [2.75, 3.05) is 14.2 Å². The van der Waals surface area contributed by atoms with E-state index in [9.17, 15) is 4.79 Å². The molecule has 150 valence electrons. The van der Waals surface area contributed by atoms with Crippen molar-refractivity contribution in [3.05, 3.63) is 76.5 Å². The van der Waals surface area contributed by atoms with Crippen LogP contribution in [0.4, 0.5) is 0 Å². The smallest absolute Gasteiger partial charge is 0.154 e. The normalized spacial score (nSPS) is 18.1. The van der Waals surface area contributed by atoms with Crippen LogP contribution in [0.1, 0.15) is 43.0 Å². The van der Waals surface area contributed by atoms with Gasteiger partial charge in [-0.1, -0.05) is 12.1 Å². The first kappa shape index (κ1) is 19.1. The van der Waals surface area contributed by atoms with Gasteiger partial charge in [0.05, 0.1) is 26.0 Å². The van der Waals surface area contributed by atoms with Gasteiger partial charge in [0.15, 0.2) is 5.78 Å². The van der Waals surface area contributed by atoms with Gasteiger partial charge in [0, 0.05) is 17.3 Å². The molecule has 1 aliphatic carbocycles. The molecule has 1 aliphatic heterocycles. The molecule has 0 spiro atoms. The van der Waals surface area contributed by atoms with Crippen LogP contribution in [0.3, 0.4) is 0 Å². The predicted octanol–water partition coefficient (Wildman–Crippen LogP) is 4.42. The van der Waals surface area contributed by atoms with E-state index >= 15 is 0 Å². The summed E-state index contributed by atoms with van der Waals surface area (Å²) in [5.74, 6) is 1.74. The molecule has 5 heteroatoms. The highest BCUT2D eigenvalue weighted by Gasteiger charge is 2.37. The molecule has 0 saturated carbocycles. The van der Waals surface area contributed by atoms with Crippen molar-refractivity contribution in [3.8, 4) is 11.5 Å². The summed E-state index contributed by atoms with van der Waals surface area (Å²) in [5.41, 5.74) is 10.6. The molecule has 0 amide bonds. The van der Waals surface area contributed by atoms with Gasteiger partial charge >= 0.3 is 0 Å². The Morgan fingerprint density at radius 2 is 1.72 bits per heavy atom. The maximum Gasteiger partial charge on any atom is 0.154 e. The number of carbonyl (C=O) groups excluding carboxylic acids is 1. The predicted molar refractivity (Wildman–Crippen MR) is 113 cm³/mol. The van der Waals surface area contributed by atoms with Crippen molar-refractivity contribution in [2.45, 2.75) is 32.7 Å². The summed E-state index contributed by atoms with van der Waals surface area (Å²) in [4.78, 5) is 11.7. The number of hydrogen-bond donors (Lipinski definition) is 1. The third-order valence-electron chi connectivity index (χ3n) is 5.61. The average molecular weight is 390 g/mol. The van der Waals surface area contributed by atoms with E-state index in [-0.39, 0.29) is 11.8 Å². The van der Waals surface area contributed by atoms with Gasteiger partial charge in [-0.05, 0) is 73.7 Å². The highest BCUT2D eigenvalue weighted by atomic mass is 16.5. The van der Waals surface area contributed by atoms with Crippen LogP contribution >= 0.6 is 0 Å². The van der Waals surface area contributed by atoms with Gasteiger partial charge in [0.1, 0.15) is 11.5 Å². The molecule has 5 nitrogen and oxygen atoms in total. The first-order chi connectivity index (χ1) is 14.0. The minimum atomic E-state index is 0.0294. The van der Waals surface area contributed by atoms with Gasteiger partial charge in [-0.15, -0.1) is 0 Å². The third kappa shape index (κ3) is 3.48. The van der Waals surface area contributed by atoms with Crippen LogP contribution in [0.25, 0.3) is 5.70 Å². The number of hydrogen-bond acceptors (Lipinski definition) is 5. The standard InChI is InChI=1S/C24H26N2O3/c1-15(13-16(2)27)26-24(17-5-8-19(28-3)9-6-17)22-11-7-18-14-20(29-4)10-12-21(18)23(22)25-26/h5-6,8-10,12-14,24-25H,7,11H2,1-4H3/b15-13+/t24-/m1/s1. The average Bonchev–Trinajstić information content (AvgIpc) is 3.13. The maximum atomic E-state index is 11.7. The molecule has 1 atom stereocenters. The Bertz CT molecular complexity index is 1010. The van der Waals surface area contributed by atoms with Crippen LogP contribution in [-0.2, 0) is 11.2 Å². The number of methoxy groups -OCH3 is 2. The number of allylic oxidation sites excluding steroid dienone is 2. The molecule has 0 saturated heterocycles. The Morgan fingerprint density at radius 1 is 1.03 bits per heavy atom. The van der Waals surface area contributed by atoms with Crippen LogP contribution in [0, 0.1) is 0 Å². The summed E-state index contributed by atoms with van der Waals surface area (Å²) in [6.07, 6.45) is 3.59. The van der Waals surface area contributed by atoms with Crippen LogP contribution in [0.2, 0.25) is 0 Å². The fraction of sp³-hybridized carbons (Fsp3) is 0.292. The molecular weight excluding hydrogens is 364 g/mol. The summed E-state index contributed by atoms with van der Waals surface area (Å²) >= 11 is 0. The minimum absolute atomic E-state index is 0.0294. The largest absolute Gasteiger partial charge is 0.497 e. The quantitative estimate of drug-likeness (QED) is 0.766. The molecular formula is C24H26N2O3. The summed E-state index contributed by atoms with van der Waals surface area (Å²) in [6.45, 7) is 3.55. The van der Waals surface area contributed by atoms with Crippen LogP contribution in [0.5, 0.6) is 11.5 Å². The number of rotatable bonds is 5. The molecule has 4 rings (SSSR count). The number of ether oxygens (including phenoxy) is 2. The van der Waals surface area contributed by atoms with Gasteiger partial charge < -0.3 is 9.47 Å². The highest BCUT2D eigenvalue weighted by molar-refractivity contribution is 5.88. The lowest BCUT2D eigenvalue weighted by Crippen LogP contribution is -2.33. The van der Waals surface area contributed by atoms with Crippen molar-refractivity contribution in [3.63, 3.8) is 0 Å². The number of fused-ring (bicyclic) bond motifs is 2. The Labute approximate surface area is 171 Å². The van der Waals surface area contributed by atoms with Crippen LogP contribution in [-0.4, -0.2) is 25.0 Å². The van der Waals surface area contributed by atoms with E-state index < -0.39 is 0 Å². The van der Waals surface area contributed by atoms with Crippen molar-refractivity contribution < 1.29 is 14.3 Å². The molecule has 0 unspecified atom stereocenters. The number of aryl methyl sites for hydroxylation is 1. The number of nitrogens with zero attached hydrogens (tertiary/aromatic N) is 1. The Morgan fingerprint density at radius 3 is 2.38 bits per heavy atom. The van der Waals surface area contributed by atoms with E-state index in [0.717, 1.165) is 41.3 Å². The lowest BCUT2D eigenvalue weighted by atomic mass is 9.85. The first-order valence-electron chi connectivity index (χ1n) is 9.81. The van der Waals surface area contributed by atoms with E-state index in [1.165, 1.54) is 16.7 Å². The van der Waals surface area contributed by atoms with Gasteiger partial charge in [-0.2, -0.15) is 0 Å². The number of carbonyl (C=O) groups is 1. The molecule has 1 N–H and O–H groups in total. The Balaban J connectivity index is 1.80. The first-order valence-corrected chi connectivity index (χ1v) is 9.81. The SMILES string of the molecule is COc1ccc([C@@H]2C3=C(NN2/C(C)=C/C(C)=O)c2ccc(OC)cc2CC3)cc1. The molecule has 29 heavy (non-hydrogen) atoms. The van der Waals surface area contributed by atoms with E-state index in [1.54, 1.807) is 27.2 Å². The fourth-order valence-corrected chi connectivity index (χ4v) is 4.25. The summed E-state index contributed by atoms with van der Waals surface area (Å²) in [5, 5.41) is 2.10. The second-order valence-corrected chi connectivity index (χ2v) is 7.48. The van der Waals surface area contributed by atoms with Crippen molar-refractivity contribution in [1.29, 1.82) is 0 Å². The van der Waals surface area contributed by atoms with E-state index in [1.807, 2.05) is 25.1 Å². The third-order valence-corrected chi connectivity index (χ3v) is 5.61. The van der Waals surface area contributed by atoms with Crippen molar-refractivity contribution in [1.82, 2.24) is 10.4 Å². The van der Waals surface area contributed by atoms with Crippen LogP contribution in [0.15, 0.2) is 59.8 Å². The van der Waals surface area contributed by atoms with Gasteiger partial charge in [0.2, 0.25) is 0 Å². The number of nitrogens with one attached hydrogen (secondary N) is 1. The second kappa shape index (κ2) is 7.66. The molecule has 0 bridgehead atoms. The lowest BCUT2D eigenvalue weighted by Gasteiger charge is -2.29. The van der Waals surface area contributed by atoms with Crippen molar-refractivity contribution >= 4 is 11.5 Å². The lowest BCUT2D eigenvalue weighted by molar-refractivity contribution is -0.112. The van der Waals surface area contributed by atoms with Gasteiger partial charge in [-0.3, -0.25) is 15.2 Å². The van der Waals surface area contributed by atoms with E-state index in [2.05, 4.69) is 34.7 Å². The Hall–Kier alpha value is -3.21. The topological polar surface area (TPSA) is 50.8 Å². The molecule has 2 aromatic carbocycles.